The number of hydrogen-bond acceptors (Lipinski definition) is 4. The van der Waals surface area contributed by atoms with Crippen LogP contribution in [-0.2, 0) is 0 Å². The Labute approximate surface area is 102 Å². The van der Waals surface area contributed by atoms with Gasteiger partial charge >= 0.3 is 0 Å². The highest BCUT2D eigenvalue weighted by atomic mass is 16.5. The lowest BCUT2D eigenvalue weighted by Crippen LogP contribution is -2.29. The molecule has 1 aliphatic carbocycles. The molecule has 0 heterocycles. The van der Waals surface area contributed by atoms with Crippen molar-refractivity contribution in [1.82, 2.24) is 5.32 Å². The topological polar surface area (TPSA) is 56.5 Å². The molecule has 1 aromatic rings. The molecule has 0 aromatic heterocycles. The number of methoxy groups -OCH3 is 2. The molecule has 17 heavy (non-hydrogen) atoms. The van der Waals surface area contributed by atoms with Crippen molar-refractivity contribution in [2.75, 3.05) is 20.8 Å². The van der Waals surface area contributed by atoms with Gasteiger partial charge in [-0.1, -0.05) is 0 Å². The average Bonchev–Trinajstić information content (AvgIpc) is 3.19. The standard InChI is InChI=1S/C13H20N2O2/c1-16-11-5-9(6-12(7-11)17-2)13(8-14)15-10-3-4-10/h5-7,10,13,15H,3-4,8,14H2,1-2H3. The number of hydrogen-bond donors (Lipinski definition) is 2. The van der Waals surface area contributed by atoms with Gasteiger partial charge in [0.15, 0.2) is 0 Å². The Morgan fingerprint density at radius 3 is 2.24 bits per heavy atom. The van der Waals surface area contributed by atoms with Gasteiger partial charge in [0, 0.05) is 24.7 Å². The van der Waals surface area contributed by atoms with Crippen molar-refractivity contribution < 1.29 is 9.47 Å². The second kappa shape index (κ2) is 5.38. The Balaban J connectivity index is 2.20. The highest BCUT2D eigenvalue weighted by Gasteiger charge is 2.25. The van der Waals surface area contributed by atoms with E-state index in [1.807, 2.05) is 18.2 Å². The maximum absolute atomic E-state index is 5.82. The van der Waals surface area contributed by atoms with Crippen LogP contribution in [0.2, 0.25) is 0 Å². The Kier molecular flexibility index (Phi) is 3.86. The molecule has 1 fully saturated rings. The van der Waals surface area contributed by atoms with Crippen molar-refractivity contribution in [3.05, 3.63) is 23.8 Å². The number of rotatable bonds is 6. The zero-order valence-electron chi connectivity index (χ0n) is 10.4. The molecule has 94 valence electrons. The highest BCUT2D eigenvalue weighted by Crippen LogP contribution is 2.29. The fourth-order valence-corrected chi connectivity index (χ4v) is 1.87. The Morgan fingerprint density at radius 1 is 1.24 bits per heavy atom. The zero-order valence-corrected chi connectivity index (χ0v) is 10.4. The van der Waals surface area contributed by atoms with Gasteiger partial charge in [-0.15, -0.1) is 0 Å². The molecule has 0 amide bonds. The van der Waals surface area contributed by atoms with Crippen molar-refractivity contribution >= 4 is 0 Å². The van der Waals surface area contributed by atoms with Gasteiger partial charge < -0.3 is 20.5 Å². The fourth-order valence-electron chi connectivity index (χ4n) is 1.87. The minimum absolute atomic E-state index is 0.173. The fraction of sp³-hybridized carbons (Fsp3) is 0.538. The average molecular weight is 236 g/mol. The van der Waals surface area contributed by atoms with Crippen molar-refractivity contribution in [1.29, 1.82) is 0 Å². The van der Waals surface area contributed by atoms with Gasteiger partial charge in [0.1, 0.15) is 11.5 Å². The van der Waals surface area contributed by atoms with Crippen molar-refractivity contribution in [3.8, 4) is 11.5 Å². The molecular formula is C13H20N2O2. The third-order valence-corrected chi connectivity index (χ3v) is 3.03. The summed E-state index contributed by atoms with van der Waals surface area (Å²) in [4.78, 5) is 0. The van der Waals surface area contributed by atoms with Crippen LogP contribution in [0.25, 0.3) is 0 Å². The molecule has 0 spiro atoms. The maximum atomic E-state index is 5.82. The molecule has 4 nitrogen and oxygen atoms in total. The summed E-state index contributed by atoms with van der Waals surface area (Å²) in [5.74, 6) is 1.60. The van der Waals surface area contributed by atoms with E-state index in [-0.39, 0.29) is 6.04 Å². The Hall–Kier alpha value is -1.26. The van der Waals surface area contributed by atoms with Gasteiger partial charge in [-0.25, -0.2) is 0 Å². The van der Waals surface area contributed by atoms with Gasteiger partial charge in [0.05, 0.1) is 14.2 Å². The van der Waals surface area contributed by atoms with E-state index < -0.39 is 0 Å². The number of nitrogens with two attached hydrogens (primary N) is 1. The molecule has 0 bridgehead atoms. The first-order valence-electron chi connectivity index (χ1n) is 5.96. The van der Waals surface area contributed by atoms with Gasteiger partial charge in [0.2, 0.25) is 0 Å². The molecule has 1 atom stereocenters. The first kappa shape index (κ1) is 12.2. The highest BCUT2D eigenvalue weighted by molar-refractivity contribution is 5.40. The monoisotopic (exact) mass is 236 g/mol. The normalized spacial score (nSPS) is 16.6. The molecule has 1 unspecified atom stereocenters. The summed E-state index contributed by atoms with van der Waals surface area (Å²) < 4.78 is 10.5. The number of ether oxygens (including phenoxy) is 2. The van der Waals surface area contributed by atoms with Crippen LogP contribution in [0.4, 0.5) is 0 Å². The van der Waals surface area contributed by atoms with Crippen LogP contribution >= 0.6 is 0 Å². The lowest BCUT2D eigenvalue weighted by atomic mass is 10.1. The second-order valence-electron chi connectivity index (χ2n) is 4.38. The smallest absolute Gasteiger partial charge is 0.122 e. The van der Waals surface area contributed by atoms with Crippen LogP contribution in [0.3, 0.4) is 0 Å². The summed E-state index contributed by atoms with van der Waals surface area (Å²) >= 11 is 0. The number of nitrogens with one attached hydrogen (secondary N) is 1. The second-order valence-corrected chi connectivity index (χ2v) is 4.38. The van der Waals surface area contributed by atoms with Crippen LogP contribution in [-0.4, -0.2) is 26.8 Å². The molecule has 1 saturated carbocycles. The summed E-state index contributed by atoms with van der Waals surface area (Å²) in [6, 6.07) is 6.69. The molecule has 0 radical (unpaired) electrons. The molecule has 4 heteroatoms. The van der Waals surface area contributed by atoms with Gasteiger partial charge in [0.25, 0.3) is 0 Å². The van der Waals surface area contributed by atoms with Crippen molar-refractivity contribution in [2.45, 2.75) is 24.9 Å². The predicted molar refractivity (Wildman–Crippen MR) is 67.5 cm³/mol. The van der Waals surface area contributed by atoms with E-state index in [9.17, 15) is 0 Å². The van der Waals surface area contributed by atoms with Crippen molar-refractivity contribution in [3.63, 3.8) is 0 Å². The first-order chi connectivity index (χ1) is 8.26. The third-order valence-electron chi connectivity index (χ3n) is 3.03. The molecule has 3 N–H and O–H groups in total. The Morgan fingerprint density at radius 2 is 1.82 bits per heavy atom. The van der Waals surface area contributed by atoms with Crippen LogP contribution in [0.5, 0.6) is 11.5 Å². The molecule has 1 aromatic carbocycles. The van der Waals surface area contributed by atoms with E-state index >= 15 is 0 Å². The van der Waals surface area contributed by atoms with E-state index in [0.717, 1.165) is 17.1 Å². The number of benzene rings is 1. The summed E-state index contributed by atoms with van der Waals surface area (Å²) in [6.07, 6.45) is 2.50. The zero-order chi connectivity index (χ0) is 12.3. The van der Waals surface area contributed by atoms with E-state index in [4.69, 9.17) is 15.2 Å². The molecule has 1 aliphatic rings. The van der Waals surface area contributed by atoms with Gasteiger partial charge in [-0.2, -0.15) is 0 Å². The summed E-state index contributed by atoms with van der Waals surface area (Å²) in [5, 5.41) is 3.52. The van der Waals surface area contributed by atoms with E-state index in [1.54, 1.807) is 14.2 Å². The van der Waals surface area contributed by atoms with E-state index in [0.29, 0.717) is 12.6 Å². The molecule has 0 saturated heterocycles. The van der Waals surface area contributed by atoms with Crippen LogP contribution in [0.15, 0.2) is 18.2 Å². The SMILES string of the molecule is COc1cc(OC)cc(C(CN)NC2CC2)c1. The molecular weight excluding hydrogens is 216 g/mol. The maximum Gasteiger partial charge on any atom is 0.122 e. The lowest BCUT2D eigenvalue weighted by Gasteiger charge is -2.18. The van der Waals surface area contributed by atoms with Crippen molar-refractivity contribution in [2.24, 2.45) is 5.73 Å². The van der Waals surface area contributed by atoms with Gasteiger partial charge in [-0.3, -0.25) is 0 Å². The van der Waals surface area contributed by atoms with E-state index in [2.05, 4.69) is 5.32 Å². The van der Waals surface area contributed by atoms with Gasteiger partial charge in [-0.05, 0) is 30.5 Å². The largest absolute Gasteiger partial charge is 0.497 e. The molecule has 2 rings (SSSR count). The summed E-state index contributed by atoms with van der Waals surface area (Å²) in [6.45, 7) is 0.576. The quantitative estimate of drug-likeness (QED) is 0.785. The summed E-state index contributed by atoms with van der Waals surface area (Å²) in [7, 11) is 3.31. The minimum Gasteiger partial charge on any atom is -0.497 e. The first-order valence-corrected chi connectivity index (χ1v) is 5.96. The Bertz CT molecular complexity index is 355. The predicted octanol–water partition coefficient (Wildman–Crippen LogP) is 1.46. The lowest BCUT2D eigenvalue weighted by molar-refractivity contribution is 0.391. The third kappa shape index (κ3) is 3.11. The molecule has 0 aliphatic heterocycles. The minimum atomic E-state index is 0.173. The van der Waals surface area contributed by atoms with E-state index in [1.165, 1.54) is 12.8 Å². The van der Waals surface area contributed by atoms with Crippen LogP contribution in [0.1, 0.15) is 24.4 Å². The summed E-state index contributed by atoms with van der Waals surface area (Å²) in [5.41, 5.74) is 6.94. The van der Waals surface area contributed by atoms with Crippen LogP contribution < -0.4 is 20.5 Å². The van der Waals surface area contributed by atoms with Crippen LogP contribution in [0, 0.1) is 0 Å².